The Morgan fingerprint density at radius 3 is 1.64 bits per heavy atom. The molecule has 1 saturated heterocycles. The molecule has 0 amide bonds. The van der Waals surface area contributed by atoms with Crippen LogP contribution in [-0.4, -0.2) is 40.9 Å². The second kappa shape index (κ2) is 3.19. The lowest BCUT2D eigenvalue weighted by molar-refractivity contribution is -0.145. The van der Waals surface area contributed by atoms with Gasteiger partial charge in [0.2, 0.25) is 0 Å². The van der Waals surface area contributed by atoms with Gasteiger partial charge in [0, 0.05) is 23.9 Å². The summed E-state index contributed by atoms with van der Waals surface area (Å²) in [5.41, 5.74) is -0.709. The Labute approximate surface area is 87.5 Å². The van der Waals surface area contributed by atoms with Crippen LogP contribution >= 0.6 is 0 Å². The van der Waals surface area contributed by atoms with E-state index in [0.29, 0.717) is 0 Å². The zero-order valence-electron chi connectivity index (χ0n) is 10.3. The van der Waals surface area contributed by atoms with E-state index >= 15 is 0 Å². The van der Waals surface area contributed by atoms with Crippen molar-refractivity contribution in [1.82, 2.24) is 10.2 Å². The summed E-state index contributed by atoms with van der Waals surface area (Å²) in [5, 5.41) is 14.1. The summed E-state index contributed by atoms with van der Waals surface area (Å²) in [6, 6.07) is 0. The molecular formula is C11H24N2O. The van der Waals surface area contributed by atoms with Gasteiger partial charge < -0.3 is 10.4 Å². The first kappa shape index (κ1) is 12.0. The second-order valence-corrected chi connectivity index (χ2v) is 6.12. The van der Waals surface area contributed by atoms with Crippen molar-refractivity contribution in [2.24, 2.45) is 0 Å². The van der Waals surface area contributed by atoms with Gasteiger partial charge in [-0.3, -0.25) is 4.90 Å². The fraction of sp³-hybridized carbons (Fsp3) is 1.00. The molecule has 3 heteroatoms. The van der Waals surface area contributed by atoms with Gasteiger partial charge in [-0.2, -0.15) is 0 Å². The predicted octanol–water partition coefficient (Wildman–Crippen LogP) is 1.18. The van der Waals surface area contributed by atoms with Crippen LogP contribution in [0.4, 0.5) is 0 Å². The molecule has 0 unspecified atom stereocenters. The summed E-state index contributed by atoms with van der Waals surface area (Å²) in [7, 11) is 3.88. The fourth-order valence-electron chi connectivity index (χ4n) is 2.80. The van der Waals surface area contributed by atoms with Crippen molar-refractivity contribution in [3.05, 3.63) is 0 Å². The highest BCUT2D eigenvalue weighted by molar-refractivity contribution is 5.02. The van der Waals surface area contributed by atoms with Crippen molar-refractivity contribution in [1.29, 1.82) is 0 Å². The molecule has 0 aromatic carbocycles. The number of rotatable bonds is 1. The van der Waals surface area contributed by atoms with E-state index in [1.165, 1.54) is 0 Å². The van der Waals surface area contributed by atoms with Gasteiger partial charge in [-0.05, 0) is 41.8 Å². The Bertz CT molecular complexity index is 205. The van der Waals surface area contributed by atoms with Crippen LogP contribution in [0.1, 0.15) is 40.5 Å². The minimum atomic E-state index is -0.682. The zero-order valence-corrected chi connectivity index (χ0v) is 10.3. The molecule has 1 aliphatic heterocycles. The molecule has 0 atom stereocenters. The van der Waals surface area contributed by atoms with Gasteiger partial charge in [-0.25, -0.2) is 0 Å². The van der Waals surface area contributed by atoms with E-state index in [-0.39, 0.29) is 11.1 Å². The highest BCUT2D eigenvalue weighted by Crippen LogP contribution is 2.36. The normalized spacial score (nSPS) is 29.1. The topological polar surface area (TPSA) is 35.5 Å². The third-order valence-corrected chi connectivity index (χ3v) is 2.96. The maximum Gasteiger partial charge on any atom is 0.121 e. The summed E-state index contributed by atoms with van der Waals surface area (Å²) in [6.45, 7) is 8.56. The number of aliphatic hydroxyl groups is 1. The number of nitrogens with one attached hydrogen (secondary N) is 1. The van der Waals surface area contributed by atoms with E-state index in [9.17, 15) is 5.11 Å². The number of nitrogens with zero attached hydrogens (tertiary/aromatic N) is 1. The third-order valence-electron chi connectivity index (χ3n) is 2.96. The van der Waals surface area contributed by atoms with Gasteiger partial charge >= 0.3 is 0 Å². The molecule has 1 heterocycles. The molecule has 0 radical (unpaired) electrons. The Morgan fingerprint density at radius 1 is 1.00 bits per heavy atom. The van der Waals surface area contributed by atoms with Crippen molar-refractivity contribution >= 4 is 0 Å². The lowest BCUT2D eigenvalue weighted by Crippen LogP contribution is -2.67. The Hall–Kier alpha value is -0.120. The van der Waals surface area contributed by atoms with Crippen LogP contribution in [0.15, 0.2) is 0 Å². The molecule has 0 saturated carbocycles. The Kier molecular flexibility index (Phi) is 2.72. The van der Waals surface area contributed by atoms with E-state index in [1.807, 2.05) is 19.0 Å². The molecule has 1 rings (SSSR count). The molecule has 0 aromatic heterocycles. The van der Waals surface area contributed by atoms with Crippen LogP contribution in [0.25, 0.3) is 0 Å². The largest absolute Gasteiger partial charge is 0.376 e. The SMILES string of the molecule is CN(C)C1(O)CC(C)(C)NC(C)(C)C1. The van der Waals surface area contributed by atoms with Crippen LogP contribution < -0.4 is 5.32 Å². The summed E-state index contributed by atoms with van der Waals surface area (Å²) >= 11 is 0. The summed E-state index contributed by atoms with van der Waals surface area (Å²) in [4.78, 5) is 1.93. The van der Waals surface area contributed by atoms with Crippen molar-refractivity contribution < 1.29 is 5.11 Å². The summed E-state index contributed by atoms with van der Waals surface area (Å²) < 4.78 is 0. The monoisotopic (exact) mass is 200 g/mol. The molecular weight excluding hydrogens is 176 g/mol. The lowest BCUT2D eigenvalue weighted by Gasteiger charge is -2.52. The van der Waals surface area contributed by atoms with Crippen LogP contribution in [-0.2, 0) is 0 Å². The van der Waals surface area contributed by atoms with Crippen molar-refractivity contribution in [2.45, 2.75) is 57.3 Å². The maximum atomic E-state index is 10.5. The molecule has 2 N–H and O–H groups in total. The smallest absolute Gasteiger partial charge is 0.121 e. The van der Waals surface area contributed by atoms with Gasteiger partial charge in [-0.15, -0.1) is 0 Å². The van der Waals surface area contributed by atoms with E-state index in [1.54, 1.807) is 0 Å². The molecule has 0 aliphatic carbocycles. The number of hydrogen-bond acceptors (Lipinski definition) is 3. The maximum absolute atomic E-state index is 10.5. The van der Waals surface area contributed by atoms with Gasteiger partial charge in [-0.1, -0.05) is 0 Å². The van der Waals surface area contributed by atoms with E-state index in [0.717, 1.165) is 12.8 Å². The highest BCUT2D eigenvalue weighted by atomic mass is 16.3. The first-order valence-electron chi connectivity index (χ1n) is 5.26. The van der Waals surface area contributed by atoms with E-state index in [4.69, 9.17) is 0 Å². The number of hydrogen-bond donors (Lipinski definition) is 2. The van der Waals surface area contributed by atoms with Crippen molar-refractivity contribution in [2.75, 3.05) is 14.1 Å². The first-order valence-corrected chi connectivity index (χ1v) is 5.26. The van der Waals surface area contributed by atoms with Crippen LogP contribution in [0.2, 0.25) is 0 Å². The molecule has 0 spiro atoms. The average molecular weight is 200 g/mol. The van der Waals surface area contributed by atoms with E-state index in [2.05, 4.69) is 33.0 Å². The van der Waals surface area contributed by atoms with Crippen molar-refractivity contribution in [3.63, 3.8) is 0 Å². The minimum absolute atomic E-state index is 0.0131. The fourth-order valence-corrected chi connectivity index (χ4v) is 2.80. The van der Waals surface area contributed by atoms with E-state index < -0.39 is 5.72 Å². The lowest BCUT2D eigenvalue weighted by atomic mass is 9.77. The van der Waals surface area contributed by atoms with Gasteiger partial charge in [0.15, 0.2) is 0 Å². The molecule has 1 aliphatic rings. The summed E-state index contributed by atoms with van der Waals surface area (Å²) in [6.07, 6.45) is 1.52. The molecule has 84 valence electrons. The molecule has 0 aromatic rings. The average Bonchev–Trinajstić information content (AvgIpc) is 1.76. The predicted molar refractivity (Wildman–Crippen MR) is 59.2 cm³/mol. The molecule has 0 bridgehead atoms. The highest BCUT2D eigenvalue weighted by Gasteiger charge is 2.47. The minimum Gasteiger partial charge on any atom is -0.376 e. The number of piperidine rings is 1. The molecule has 14 heavy (non-hydrogen) atoms. The zero-order chi connectivity index (χ0) is 11.2. The molecule has 3 nitrogen and oxygen atoms in total. The third kappa shape index (κ3) is 2.47. The second-order valence-electron chi connectivity index (χ2n) is 6.12. The van der Waals surface area contributed by atoms with Gasteiger partial charge in [0.1, 0.15) is 5.72 Å². The van der Waals surface area contributed by atoms with Crippen molar-refractivity contribution in [3.8, 4) is 0 Å². The standard InChI is InChI=1S/C11H24N2O/c1-9(2)7-11(14,13(5)6)8-10(3,4)12-9/h12,14H,7-8H2,1-6H3. The quantitative estimate of drug-likeness (QED) is 0.624. The van der Waals surface area contributed by atoms with Crippen LogP contribution in [0.3, 0.4) is 0 Å². The van der Waals surface area contributed by atoms with Gasteiger partial charge in [0.25, 0.3) is 0 Å². The first-order chi connectivity index (χ1) is 6.06. The Balaban J connectivity index is 2.92. The summed E-state index contributed by atoms with van der Waals surface area (Å²) in [5.74, 6) is 0. The molecule has 1 fully saturated rings. The van der Waals surface area contributed by atoms with Crippen LogP contribution in [0.5, 0.6) is 0 Å². The Morgan fingerprint density at radius 2 is 1.36 bits per heavy atom. The van der Waals surface area contributed by atoms with Gasteiger partial charge in [0.05, 0.1) is 0 Å². The van der Waals surface area contributed by atoms with Crippen LogP contribution in [0, 0.1) is 0 Å².